The second-order valence-electron chi connectivity index (χ2n) is 7.00. The number of imide groups is 1. The predicted molar refractivity (Wildman–Crippen MR) is 103 cm³/mol. The maximum absolute atomic E-state index is 11.5. The van der Waals surface area contributed by atoms with Crippen LogP contribution in [0.5, 0.6) is 0 Å². The molecule has 0 saturated carbocycles. The van der Waals surface area contributed by atoms with Gasteiger partial charge in [-0.2, -0.15) is 0 Å². The highest BCUT2D eigenvalue weighted by atomic mass is 16.2. The fraction of sp³-hybridized carbons (Fsp3) is 0.810. The van der Waals surface area contributed by atoms with Gasteiger partial charge in [0.15, 0.2) is 0 Å². The van der Waals surface area contributed by atoms with Gasteiger partial charge in [0, 0.05) is 12.0 Å². The van der Waals surface area contributed by atoms with Crippen LogP contribution in [0.2, 0.25) is 0 Å². The first kappa shape index (κ1) is 22.9. The number of rotatable bonds is 16. The average Bonchev–Trinajstić information content (AvgIpc) is 2.55. The molecule has 0 radical (unpaired) electrons. The van der Waals surface area contributed by atoms with E-state index in [9.17, 15) is 9.59 Å². The van der Waals surface area contributed by atoms with Crippen molar-refractivity contribution in [1.82, 2.24) is 5.32 Å². The van der Waals surface area contributed by atoms with E-state index in [0.717, 1.165) is 12.8 Å². The summed E-state index contributed by atoms with van der Waals surface area (Å²) in [6, 6.07) is 0. The summed E-state index contributed by atoms with van der Waals surface area (Å²) in [4.78, 5) is 22.8. The standard InChI is InChI=1S/C21H39NO2/c1-4-5-6-7-8-9-10-11-12-13-14-15-16-17-18-20(23)22-21(24)19(2)3/h2,4-18H2,1,3H3,(H,22,23,24). The average molecular weight is 338 g/mol. The lowest BCUT2D eigenvalue weighted by atomic mass is 10.0. The highest BCUT2D eigenvalue weighted by Gasteiger charge is 2.07. The van der Waals surface area contributed by atoms with Gasteiger partial charge in [-0.1, -0.05) is 97.0 Å². The minimum absolute atomic E-state index is 0.179. The second kappa shape index (κ2) is 16.7. The normalized spacial score (nSPS) is 10.6. The zero-order valence-corrected chi connectivity index (χ0v) is 16.1. The number of amides is 2. The third kappa shape index (κ3) is 15.8. The van der Waals surface area contributed by atoms with Crippen molar-refractivity contribution in [3.63, 3.8) is 0 Å². The molecule has 0 aliphatic rings. The molecule has 0 aromatic rings. The number of carbonyl (C=O) groups is 2. The summed E-state index contributed by atoms with van der Waals surface area (Å²) >= 11 is 0. The van der Waals surface area contributed by atoms with Gasteiger partial charge in [-0.3, -0.25) is 14.9 Å². The monoisotopic (exact) mass is 337 g/mol. The topological polar surface area (TPSA) is 46.2 Å². The Morgan fingerprint density at radius 1 is 0.708 bits per heavy atom. The molecule has 1 N–H and O–H groups in total. The maximum Gasteiger partial charge on any atom is 0.252 e. The molecule has 0 fully saturated rings. The molecule has 140 valence electrons. The fourth-order valence-corrected chi connectivity index (χ4v) is 2.78. The molecule has 0 aliphatic heterocycles. The van der Waals surface area contributed by atoms with Crippen LogP contribution >= 0.6 is 0 Å². The quantitative estimate of drug-likeness (QED) is 0.274. The van der Waals surface area contributed by atoms with Crippen LogP contribution in [-0.4, -0.2) is 11.8 Å². The van der Waals surface area contributed by atoms with Crippen molar-refractivity contribution in [3.8, 4) is 0 Å². The Labute approximate surface area is 149 Å². The lowest BCUT2D eigenvalue weighted by Crippen LogP contribution is -2.30. The van der Waals surface area contributed by atoms with E-state index in [-0.39, 0.29) is 11.8 Å². The van der Waals surface area contributed by atoms with Crippen LogP contribution < -0.4 is 5.32 Å². The van der Waals surface area contributed by atoms with Crippen LogP contribution in [0.3, 0.4) is 0 Å². The molecule has 0 saturated heterocycles. The number of hydrogen-bond acceptors (Lipinski definition) is 2. The molecule has 0 spiro atoms. The molecule has 24 heavy (non-hydrogen) atoms. The van der Waals surface area contributed by atoms with Crippen LogP contribution in [0.4, 0.5) is 0 Å². The van der Waals surface area contributed by atoms with Gasteiger partial charge in [-0.25, -0.2) is 0 Å². The number of carbonyl (C=O) groups excluding carboxylic acids is 2. The lowest BCUT2D eigenvalue weighted by Gasteiger charge is -2.04. The van der Waals surface area contributed by atoms with E-state index >= 15 is 0 Å². The van der Waals surface area contributed by atoms with Crippen LogP contribution in [-0.2, 0) is 9.59 Å². The van der Waals surface area contributed by atoms with Gasteiger partial charge >= 0.3 is 0 Å². The van der Waals surface area contributed by atoms with Crippen LogP contribution in [0.15, 0.2) is 12.2 Å². The Kier molecular flexibility index (Phi) is 15.9. The predicted octanol–water partition coefficient (Wildman–Crippen LogP) is 6.08. The molecule has 3 heteroatoms. The van der Waals surface area contributed by atoms with Gasteiger partial charge in [0.2, 0.25) is 5.91 Å². The van der Waals surface area contributed by atoms with Crippen molar-refractivity contribution < 1.29 is 9.59 Å². The molecule has 0 unspecified atom stereocenters. The maximum atomic E-state index is 11.5. The van der Waals surface area contributed by atoms with Gasteiger partial charge < -0.3 is 0 Å². The van der Waals surface area contributed by atoms with E-state index in [0.29, 0.717) is 12.0 Å². The number of unbranched alkanes of at least 4 members (excludes halogenated alkanes) is 13. The van der Waals surface area contributed by atoms with Crippen LogP contribution in [0.25, 0.3) is 0 Å². The van der Waals surface area contributed by atoms with Crippen molar-refractivity contribution in [2.24, 2.45) is 0 Å². The summed E-state index contributed by atoms with van der Waals surface area (Å²) < 4.78 is 0. The highest BCUT2D eigenvalue weighted by Crippen LogP contribution is 2.13. The molecule has 0 bridgehead atoms. The van der Waals surface area contributed by atoms with E-state index in [4.69, 9.17) is 0 Å². The SMILES string of the molecule is C=C(C)C(=O)NC(=O)CCCCCCCCCCCCCCCC. The van der Waals surface area contributed by atoms with E-state index in [1.165, 1.54) is 77.0 Å². The third-order valence-corrected chi connectivity index (χ3v) is 4.40. The molecule has 0 heterocycles. The molecule has 0 aromatic heterocycles. The molecule has 2 amide bonds. The van der Waals surface area contributed by atoms with E-state index in [2.05, 4.69) is 18.8 Å². The van der Waals surface area contributed by atoms with Crippen LogP contribution in [0, 0.1) is 0 Å². The van der Waals surface area contributed by atoms with Crippen LogP contribution in [0.1, 0.15) is 110 Å². The zero-order valence-electron chi connectivity index (χ0n) is 16.1. The van der Waals surface area contributed by atoms with Crippen molar-refractivity contribution in [2.45, 2.75) is 110 Å². The first-order valence-electron chi connectivity index (χ1n) is 10.1. The third-order valence-electron chi connectivity index (χ3n) is 4.40. The first-order valence-corrected chi connectivity index (χ1v) is 10.1. The Morgan fingerprint density at radius 3 is 1.46 bits per heavy atom. The van der Waals surface area contributed by atoms with Crippen molar-refractivity contribution in [2.75, 3.05) is 0 Å². The molecule has 0 aliphatic carbocycles. The second-order valence-corrected chi connectivity index (χ2v) is 7.00. The molecule has 0 rings (SSSR count). The molecule has 0 aromatic carbocycles. The van der Waals surface area contributed by atoms with E-state index in [1.807, 2.05) is 0 Å². The first-order chi connectivity index (χ1) is 11.6. The number of nitrogens with one attached hydrogen (secondary N) is 1. The Morgan fingerprint density at radius 2 is 1.08 bits per heavy atom. The summed E-state index contributed by atoms with van der Waals surface area (Å²) in [5.74, 6) is -0.535. The fourth-order valence-electron chi connectivity index (χ4n) is 2.78. The summed E-state index contributed by atoms with van der Waals surface area (Å²) in [6.07, 6.45) is 18.6. The smallest absolute Gasteiger partial charge is 0.252 e. The Balaban J connectivity index is 3.21. The zero-order chi connectivity index (χ0) is 18.0. The minimum Gasteiger partial charge on any atom is -0.293 e. The van der Waals surface area contributed by atoms with Gasteiger partial charge in [0.25, 0.3) is 5.91 Å². The minimum atomic E-state index is -0.356. The van der Waals surface area contributed by atoms with Gasteiger partial charge in [0.05, 0.1) is 0 Å². The molecule has 3 nitrogen and oxygen atoms in total. The molecular weight excluding hydrogens is 298 g/mol. The number of hydrogen-bond donors (Lipinski definition) is 1. The summed E-state index contributed by atoms with van der Waals surface area (Å²) in [5.41, 5.74) is 0.379. The van der Waals surface area contributed by atoms with Crippen molar-refractivity contribution >= 4 is 11.8 Å². The van der Waals surface area contributed by atoms with Gasteiger partial charge in [-0.05, 0) is 13.3 Å². The summed E-state index contributed by atoms with van der Waals surface area (Å²) in [5, 5.41) is 2.35. The summed E-state index contributed by atoms with van der Waals surface area (Å²) in [7, 11) is 0. The Hall–Kier alpha value is -1.12. The Bertz CT molecular complexity index is 350. The molecule has 0 atom stereocenters. The van der Waals surface area contributed by atoms with Crippen molar-refractivity contribution in [3.05, 3.63) is 12.2 Å². The van der Waals surface area contributed by atoms with Gasteiger partial charge in [-0.15, -0.1) is 0 Å². The molecular formula is C21H39NO2. The van der Waals surface area contributed by atoms with Crippen molar-refractivity contribution in [1.29, 1.82) is 0 Å². The van der Waals surface area contributed by atoms with E-state index in [1.54, 1.807) is 6.92 Å². The summed E-state index contributed by atoms with van der Waals surface area (Å²) in [6.45, 7) is 7.39. The largest absolute Gasteiger partial charge is 0.293 e. The van der Waals surface area contributed by atoms with Gasteiger partial charge in [0.1, 0.15) is 0 Å². The highest BCUT2D eigenvalue weighted by molar-refractivity contribution is 6.03. The van der Waals surface area contributed by atoms with E-state index < -0.39 is 0 Å². The lowest BCUT2D eigenvalue weighted by molar-refractivity contribution is -0.128.